The number of ether oxygens (including phenoxy) is 3. The zero-order chi connectivity index (χ0) is 16.5. The maximum absolute atomic E-state index is 12.3. The lowest BCUT2D eigenvalue weighted by molar-refractivity contribution is -0.156. The summed E-state index contributed by atoms with van der Waals surface area (Å²) >= 11 is 0. The SMILES string of the molecule is COC(=O)[C@H](C[C@H]1COC(C)(C)O1)OS(=O)(=O)C(F)(F)F. The van der Waals surface area contributed by atoms with E-state index in [0.717, 1.165) is 7.11 Å². The van der Waals surface area contributed by atoms with Crippen molar-refractivity contribution in [2.75, 3.05) is 13.7 Å². The van der Waals surface area contributed by atoms with E-state index < -0.39 is 46.0 Å². The fraction of sp³-hybridized carbons (Fsp3) is 0.900. The smallest absolute Gasteiger partial charge is 0.467 e. The Hall–Kier alpha value is -0.910. The van der Waals surface area contributed by atoms with Gasteiger partial charge in [0, 0.05) is 6.42 Å². The second kappa shape index (κ2) is 6.07. The summed E-state index contributed by atoms with van der Waals surface area (Å²) < 4.78 is 77.4. The fourth-order valence-corrected chi connectivity index (χ4v) is 2.20. The number of carbonyl (C=O) groups excluding carboxylic acids is 1. The Morgan fingerprint density at radius 1 is 1.43 bits per heavy atom. The molecule has 21 heavy (non-hydrogen) atoms. The molecule has 0 aromatic carbocycles. The van der Waals surface area contributed by atoms with Crippen LogP contribution in [0.4, 0.5) is 13.2 Å². The molecule has 2 atom stereocenters. The predicted octanol–water partition coefficient (Wildman–Crippen LogP) is 0.936. The summed E-state index contributed by atoms with van der Waals surface area (Å²) in [6.07, 6.45) is -3.22. The van der Waals surface area contributed by atoms with E-state index in [0.29, 0.717) is 0 Å². The van der Waals surface area contributed by atoms with Gasteiger partial charge in [-0.25, -0.2) is 8.98 Å². The second-order valence-corrected chi connectivity index (χ2v) is 6.26. The van der Waals surface area contributed by atoms with Crippen LogP contribution in [0, 0.1) is 0 Å². The minimum Gasteiger partial charge on any atom is -0.467 e. The van der Waals surface area contributed by atoms with Crippen LogP contribution >= 0.6 is 0 Å². The minimum absolute atomic E-state index is 0.0179. The molecule has 0 unspecified atom stereocenters. The maximum atomic E-state index is 12.3. The molecule has 1 heterocycles. The monoisotopic (exact) mass is 336 g/mol. The van der Waals surface area contributed by atoms with Crippen molar-refractivity contribution in [3.05, 3.63) is 0 Å². The summed E-state index contributed by atoms with van der Waals surface area (Å²) in [6.45, 7) is 3.11. The van der Waals surface area contributed by atoms with Crippen LogP contribution in [0.1, 0.15) is 20.3 Å². The molecule has 0 aliphatic carbocycles. The normalized spacial score (nSPS) is 23.8. The number of halogens is 3. The summed E-state index contributed by atoms with van der Waals surface area (Å²) in [5.41, 5.74) is -5.63. The van der Waals surface area contributed by atoms with Crippen LogP contribution in [-0.2, 0) is 33.3 Å². The van der Waals surface area contributed by atoms with Gasteiger partial charge in [0.2, 0.25) is 0 Å². The van der Waals surface area contributed by atoms with Crippen LogP contribution in [0.15, 0.2) is 0 Å². The highest BCUT2D eigenvalue weighted by Gasteiger charge is 2.50. The average molecular weight is 336 g/mol. The van der Waals surface area contributed by atoms with Gasteiger partial charge in [0.25, 0.3) is 0 Å². The molecule has 1 saturated heterocycles. The number of esters is 1. The van der Waals surface area contributed by atoms with Crippen LogP contribution in [-0.4, -0.2) is 51.6 Å². The van der Waals surface area contributed by atoms with Crippen molar-refractivity contribution in [1.82, 2.24) is 0 Å². The molecule has 0 bridgehead atoms. The number of hydrogen-bond donors (Lipinski definition) is 0. The predicted molar refractivity (Wildman–Crippen MR) is 61.4 cm³/mol. The Balaban J connectivity index is 2.81. The minimum atomic E-state index is -5.92. The van der Waals surface area contributed by atoms with Crippen molar-refractivity contribution in [1.29, 1.82) is 0 Å². The van der Waals surface area contributed by atoms with Crippen molar-refractivity contribution in [3.63, 3.8) is 0 Å². The van der Waals surface area contributed by atoms with E-state index in [-0.39, 0.29) is 6.61 Å². The van der Waals surface area contributed by atoms with E-state index in [4.69, 9.17) is 9.47 Å². The molecule has 1 aliphatic rings. The topological polar surface area (TPSA) is 88.1 Å². The van der Waals surface area contributed by atoms with Crippen molar-refractivity contribution >= 4 is 16.1 Å². The van der Waals surface area contributed by atoms with Crippen LogP contribution < -0.4 is 0 Å². The third kappa shape index (κ3) is 4.80. The van der Waals surface area contributed by atoms with Crippen LogP contribution in [0.2, 0.25) is 0 Å². The van der Waals surface area contributed by atoms with E-state index in [1.54, 1.807) is 13.8 Å². The Kier molecular flexibility index (Phi) is 5.24. The molecular weight excluding hydrogens is 321 g/mol. The van der Waals surface area contributed by atoms with Crippen LogP contribution in [0.5, 0.6) is 0 Å². The quantitative estimate of drug-likeness (QED) is 0.419. The molecule has 1 aliphatic heterocycles. The first-order chi connectivity index (χ1) is 9.38. The molecule has 124 valence electrons. The molecule has 7 nitrogen and oxygen atoms in total. The summed E-state index contributed by atoms with van der Waals surface area (Å²) in [5, 5.41) is 0. The van der Waals surface area contributed by atoms with Crippen molar-refractivity contribution < 1.29 is 44.8 Å². The van der Waals surface area contributed by atoms with E-state index in [9.17, 15) is 26.4 Å². The summed E-state index contributed by atoms with van der Waals surface area (Å²) in [6, 6.07) is 0. The molecule has 0 aromatic heterocycles. The lowest BCUT2D eigenvalue weighted by Gasteiger charge is -2.20. The average Bonchev–Trinajstić information content (AvgIpc) is 2.65. The zero-order valence-corrected chi connectivity index (χ0v) is 12.3. The molecule has 0 saturated carbocycles. The van der Waals surface area contributed by atoms with Gasteiger partial charge in [-0.2, -0.15) is 21.6 Å². The molecule has 0 amide bonds. The van der Waals surface area contributed by atoms with Gasteiger partial charge in [-0.3, -0.25) is 0 Å². The Labute approximate surface area is 119 Å². The number of alkyl halides is 3. The highest BCUT2D eigenvalue weighted by atomic mass is 32.2. The third-order valence-corrected chi connectivity index (χ3v) is 3.59. The van der Waals surface area contributed by atoms with Crippen molar-refractivity contribution in [2.45, 2.75) is 43.8 Å². The number of carbonyl (C=O) groups is 1. The highest BCUT2D eigenvalue weighted by molar-refractivity contribution is 7.87. The lowest BCUT2D eigenvalue weighted by atomic mass is 10.1. The standard InChI is InChI=1S/C10H15F3O7S/c1-9(2)18-5-6(19-9)4-7(8(14)17-3)20-21(15,16)10(11,12)13/h6-7H,4-5H2,1-3H3/t6-,7-/m0/s1. The summed E-state index contributed by atoms with van der Waals surface area (Å²) in [7, 11) is -5.02. The lowest BCUT2D eigenvalue weighted by Crippen LogP contribution is -2.37. The van der Waals surface area contributed by atoms with Gasteiger partial charge in [0.05, 0.1) is 19.8 Å². The molecule has 11 heteroatoms. The summed E-state index contributed by atoms with van der Waals surface area (Å²) in [4.78, 5) is 11.4. The zero-order valence-electron chi connectivity index (χ0n) is 11.5. The molecule has 0 radical (unpaired) electrons. The van der Waals surface area contributed by atoms with Gasteiger partial charge in [-0.15, -0.1) is 0 Å². The van der Waals surface area contributed by atoms with Gasteiger partial charge < -0.3 is 14.2 Å². The fourth-order valence-electron chi connectivity index (χ4n) is 1.63. The first-order valence-electron chi connectivity index (χ1n) is 5.77. The second-order valence-electron chi connectivity index (χ2n) is 4.69. The number of hydrogen-bond acceptors (Lipinski definition) is 7. The number of rotatable bonds is 5. The first kappa shape index (κ1) is 18.1. The van der Waals surface area contributed by atoms with E-state index in [2.05, 4.69) is 8.92 Å². The Morgan fingerprint density at radius 3 is 2.38 bits per heavy atom. The molecular formula is C10H15F3O7S. The van der Waals surface area contributed by atoms with Crippen LogP contribution in [0.3, 0.4) is 0 Å². The van der Waals surface area contributed by atoms with E-state index >= 15 is 0 Å². The molecule has 0 N–H and O–H groups in total. The van der Waals surface area contributed by atoms with Gasteiger partial charge >= 0.3 is 21.6 Å². The maximum Gasteiger partial charge on any atom is 0.523 e. The Bertz CT molecular complexity index is 485. The Morgan fingerprint density at radius 2 is 2.00 bits per heavy atom. The van der Waals surface area contributed by atoms with Gasteiger partial charge in [0.1, 0.15) is 0 Å². The first-order valence-corrected chi connectivity index (χ1v) is 7.18. The molecule has 0 aromatic rings. The van der Waals surface area contributed by atoms with Gasteiger partial charge in [-0.1, -0.05) is 0 Å². The molecule has 1 rings (SSSR count). The molecule has 0 spiro atoms. The highest BCUT2D eigenvalue weighted by Crippen LogP contribution is 2.29. The summed E-state index contributed by atoms with van der Waals surface area (Å²) in [5.74, 6) is -2.23. The van der Waals surface area contributed by atoms with E-state index in [1.165, 1.54) is 0 Å². The van der Waals surface area contributed by atoms with E-state index in [1.807, 2.05) is 0 Å². The van der Waals surface area contributed by atoms with Gasteiger partial charge in [-0.05, 0) is 13.8 Å². The van der Waals surface area contributed by atoms with Gasteiger partial charge in [0.15, 0.2) is 11.9 Å². The van der Waals surface area contributed by atoms with Crippen LogP contribution in [0.25, 0.3) is 0 Å². The largest absolute Gasteiger partial charge is 0.523 e. The molecule has 1 fully saturated rings. The number of methoxy groups -OCH3 is 1. The third-order valence-electron chi connectivity index (χ3n) is 2.53. The van der Waals surface area contributed by atoms with Crippen molar-refractivity contribution in [2.24, 2.45) is 0 Å². The van der Waals surface area contributed by atoms with Crippen molar-refractivity contribution in [3.8, 4) is 0 Å².